The van der Waals surface area contributed by atoms with Crippen LogP contribution in [0.15, 0.2) is 47.4 Å². The number of nitrogens with zero attached hydrogens (tertiary/aromatic N) is 1. The third kappa shape index (κ3) is 4.18. The second-order valence-corrected chi connectivity index (χ2v) is 8.73. The van der Waals surface area contributed by atoms with E-state index < -0.39 is 21.8 Å². The third-order valence-electron chi connectivity index (χ3n) is 4.82. The third-order valence-corrected chi connectivity index (χ3v) is 6.71. The maximum absolute atomic E-state index is 13.8. The summed E-state index contributed by atoms with van der Waals surface area (Å²) in [7, 11) is -2.40. The Balaban J connectivity index is 1.80. The van der Waals surface area contributed by atoms with E-state index in [4.69, 9.17) is 4.74 Å². The monoisotopic (exact) mass is 406 g/mol. The van der Waals surface area contributed by atoms with Crippen molar-refractivity contribution in [3.63, 3.8) is 0 Å². The van der Waals surface area contributed by atoms with Crippen molar-refractivity contribution >= 4 is 21.6 Å². The Kier molecular flexibility index (Phi) is 6.00. The van der Waals surface area contributed by atoms with Crippen LogP contribution in [0.2, 0.25) is 0 Å². The van der Waals surface area contributed by atoms with E-state index in [1.807, 2.05) is 0 Å². The normalized spacial score (nSPS) is 17.9. The van der Waals surface area contributed by atoms with E-state index in [1.54, 1.807) is 31.2 Å². The highest BCUT2D eigenvalue weighted by Crippen LogP contribution is 2.31. The van der Waals surface area contributed by atoms with Crippen LogP contribution in [0.1, 0.15) is 18.4 Å². The minimum absolute atomic E-state index is 0.0414. The van der Waals surface area contributed by atoms with Gasteiger partial charge in [0.15, 0.2) is 0 Å². The summed E-state index contributed by atoms with van der Waals surface area (Å²) in [6, 6.07) is 10.9. The molecule has 1 aliphatic heterocycles. The smallest absolute Gasteiger partial charge is 0.246 e. The van der Waals surface area contributed by atoms with E-state index in [2.05, 4.69) is 5.32 Å². The second-order valence-electron chi connectivity index (χ2n) is 6.83. The van der Waals surface area contributed by atoms with Gasteiger partial charge in [0.25, 0.3) is 0 Å². The van der Waals surface area contributed by atoms with Crippen LogP contribution in [0.4, 0.5) is 10.1 Å². The van der Waals surface area contributed by atoms with E-state index in [0.717, 1.165) is 5.56 Å². The second kappa shape index (κ2) is 8.28. The number of benzene rings is 2. The number of halogens is 1. The van der Waals surface area contributed by atoms with E-state index in [0.29, 0.717) is 19.4 Å². The number of carbonyl (C=O) groups excluding carboxylic acids is 1. The lowest BCUT2D eigenvalue weighted by Gasteiger charge is -2.31. The Hall–Kier alpha value is -2.45. The Bertz CT molecular complexity index is 978. The van der Waals surface area contributed by atoms with Gasteiger partial charge in [-0.1, -0.05) is 18.2 Å². The van der Waals surface area contributed by atoms with Crippen LogP contribution in [-0.4, -0.2) is 38.8 Å². The molecule has 0 spiro atoms. The van der Waals surface area contributed by atoms with Crippen molar-refractivity contribution in [1.29, 1.82) is 0 Å². The first-order chi connectivity index (χ1) is 13.3. The fourth-order valence-corrected chi connectivity index (χ4v) is 5.06. The molecule has 2 aromatic carbocycles. The number of para-hydroxylation sites is 1. The van der Waals surface area contributed by atoms with Crippen molar-refractivity contribution in [2.75, 3.05) is 25.5 Å². The molecule has 0 saturated carbocycles. The molecular formula is C20H23FN2O4S. The summed E-state index contributed by atoms with van der Waals surface area (Å²) >= 11 is 0. The number of aryl methyl sites for hydroxylation is 1. The van der Waals surface area contributed by atoms with Gasteiger partial charge in [-0.15, -0.1) is 0 Å². The molecule has 1 saturated heterocycles. The van der Waals surface area contributed by atoms with Gasteiger partial charge in [-0.3, -0.25) is 4.79 Å². The Morgan fingerprint density at radius 1 is 1.25 bits per heavy atom. The highest BCUT2D eigenvalue weighted by molar-refractivity contribution is 7.89. The lowest BCUT2D eigenvalue weighted by atomic mass is 9.98. The first-order valence-corrected chi connectivity index (χ1v) is 10.5. The highest BCUT2D eigenvalue weighted by Gasteiger charge is 2.35. The maximum Gasteiger partial charge on any atom is 0.246 e. The van der Waals surface area contributed by atoms with E-state index in [-0.39, 0.29) is 28.8 Å². The van der Waals surface area contributed by atoms with Gasteiger partial charge in [0.1, 0.15) is 16.5 Å². The van der Waals surface area contributed by atoms with Crippen LogP contribution in [0.5, 0.6) is 5.75 Å². The van der Waals surface area contributed by atoms with Crippen molar-refractivity contribution in [1.82, 2.24) is 4.31 Å². The number of anilines is 1. The molecule has 1 aliphatic rings. The SMILES string of the molecule is COc1ccc(C)cc1S(=O)(=O)N1CCCC(C(=O)Nc2ccccc2F)C1. The van der Waals surface area contributed by atoms with Crippen molar-refractivity contribution < 1.29 is 22.3 Å². The zero-order valence-electron chi connectivity index (χ0n) is 15.8. The minimum atomic E-state index is -3.82. The van der Waals surface area contributed by atoms with Gasteiger partial charge in [0.05, 0.1) is 18.7 Å². The number of nitrogens with one attached hydrogen (secondary N) is 1. The van der Waals surface area contributed by atoms with Crippen LogP contribution in [-0.2, 0) is 14.8 Å². The molecule has 2 aromatic rings. The van der Waals surface area contributed by atoms with Gasteiger partial charge in [-0.05, 0) is 49.6 Å². The summed E-state index contributed by atoms with van der Waals surface area (Å²) in [4.78, 5) is 12.7. The molecule has 1 atom stereocenters. The predicted octanol–water partition coefficient (Wildman–Crippen LogP) is 3.18. The zero-order chi connectivity index (χ0) is 20.3. The van der Waals surface area contributed by atoms with Gasteiger partial charge < -0.3 is 10.1 Å². The number of methoxy groups -OCH3 is 1. The first-order valence-electron chi connectivity index (χ1n) is 9.03. The van der Waals surface area contributed by atoms with Gasteiger partial charge in [0, 0.05) is 13.1 Å². The molecule has 150 valence electrons. The lowest BCUT2D eigenvalue weighted by molar-refractivity contribution is -0.120. The Labute approximate surface area is 164 Å². The molecule has 8 heteroatoms. The molecule has 0 radical (unpaired) electrons. The summed E-state index contributed by atoms with van der Waals surface area (Å²) in [6.45, 7) is 2.17. The summed E-state index contributed by atoms with van der Waals surface area (Å²) in [5.74, 6) is -1.20. The highest BCUT2D eigenvalue weighted by atomic mass is 32.2. The molecule has 1 unspecified atom stereocenters. The fourth-order valence-electron chi connectivity index (χ4n) is 3.30. The maximum atomic E-state index is 13.8. The predicted molar refractivity (Wildman–Crippen MR) is 104 cm³/mol. The van der Waals surface area contributed by atoms with Crippen LogP contribution in [0.25, 0.3) is 0 Å². The van der Waals surface area contributed by atoms with Crippen molar-refractivity contribution in [2.45, 2.75) is 24.7 Å². The van der Waals surface area contributed by atoms with Crippen molar-refractivity contribution in [3.8, 4) is 5.75 Å². The van der Waals surface area contributed by atoms with Gasteiger partial charge in [-0.25, -0.2) is 12.8 Å². The molecule has 3 rings (SSSR count). The molecule has 6 nitrogen and oxygen atoms in total. The molecule has 0 aromatic heterocycles. The number of amides is 1. The quantitative estimate of drug-likeness (QED) is 0.828. The molecule has 0 bridgehead atoms. The Morgan fingerprint density at radius 3 is 2.71 bits per heavy atom. The number of sulfonamides is 1. The van der Waals surface area contributed by atoms with Gasteiger partial charge >= 0.3 is 0 Å². The summed E-state index contributed by atoms with van der Waals surface area (Å²) in [5, 5.41) is 2.56. The largest absolute Gasteiger partial charge is 0.495 e. The first kappa shape index (κ1) is 20.3. The topological polar surface area (TPSA) is 75.7 Å². The van der Waals surface area contributed by atoms with Gasteiger partial charge in [0.2, 0.25) is 15.9 Å². The van der Waals surface area contributed by atoms with E-state index >= 15 is 0 Å². The Morgan fingerprint density at radius 2 is 2.00 bits per heavy atom. The zero-order valence-corrected chi connectivity index (χ0v) is 16.6. The summed E-state index contributed by atoms with van der Waals surface area (Å²) in [6.07, 6.45) is 1.08. The van der Waals surface area contributed by atoms with Crippen molar-refractivity contribution in [2.24, 2.45) is 5.92 Å². The number of hydrogen-bond donors (Lipinski definition) is 1. The molecule has 1 N–H and O–H groups in total. The number of ether oxygens (including phenoxy) is 1. The summed E-state index contributed by atoms with van der Waals surface area (Å²) < 4.78 is 46.6. The number of piperidine rings is 1. The van der Waals surface area contributed by atoms with Crippen LogP contribution < -0.4 is 10.1 Å². The average Bonchev–Trinajstić information content (AvgIpc) is 2.69. The minimum Gasteiger partial charge on any atom is -0.495 e. The molecule has 1 fully saturated rings. The number of carbonyl (C=O) groups is 1. The van der Waals surface area contributed by atoms with Crippen LogP contribution >= 0.6 is 0 Å². The molecule has 0 aliphatic carbocycles. The molecule has 28 heavy (non-hydrogen) atoms. The van der Waals surface area contributed by atoms with Crippen LogP contribution in [0, 0.1) is 18.7 Å². The number of hydrogen-bond acceptors (Lipinski definition) is 4. The number of rotatable bonds is 5. The standard InChI is InChI=1S/C20H23FN2O4S/c1-14-9-10-18(27-2)19(12-14)28(25,26)23-11-5-6-15(13-23)20(24)22-17-8-4-3-7-16(17)21/h3-4,7-10,12,15H,5-6,11,13H2,1-2H3,(H,22,24). The lowest BCUT2D eigenvalue weighted by Crippen LogP contribution is -2.43. The fraction of sp³-hybridized carbons (Fsp3) is 0.350. The molecule has 1 heterocycles. The molecule has 1 amide bonds. The van der Waals surface area contributed by atoms with Crippen LogP contribution in [0.3, 0.4) is 0 Å². The van der Waals surface area contributed by atoms with E-state index in [1.165, 1.54) is 29.6 Å². The van der Waals surface area contributed by atoms with Crippen molar-refractivity contribution in [3.05, 3.63) is 53.8 Å². The summed E-state index contributed by atoms with van der Waals surface area (Å²) in [5.41, 5.74) is 0.887. The van der Waals surface area contributed by atoms with Gasteiger partial charge in [-0.2, -0.15) is 4.31 Å². The molecular weight excluding hydrogens is 383 g/mol. The van der Waals surface area contributed by atoms with E-state index in [9.17, 15) is 17.6 Å². The average molecular weight is 406 g/mol.